The van der Waals surface area contributed by atoms with Gasteiger partial charge in [0.2, 0.25) is 0 Å². The molecule has 200 valence electrons. The van der Waals surface area contributed by atoms with E-state index in [1.165, 1.54) is 65.7 Å². The van der Waals surface area contributed by atoms with Gasteiger partial charge in [-0.1, -0.05) is 123 Å². The SMILES string of the molecule is CC1(C)c2cc(-c3ccc4c(ccc5ccc6c(c54)OC(c4ccccc4)N6)c3)ccc2-c2ccc3ccccc3c21. The van der Waals surface area contributed by atoms with Gasteiger partial charge in [-0.2, -0.15) is 0 Å². The van der Waals surface area contributed by atoms with Gasteiger partial charge in [0, 0.05) is 16.4 Å². The molecule has 2 heteroatoms. The molecule has 0 saturated carbocycles. The average molecular weight is 540 g/mol. The molecule has 1 atom stereocenters. The van der Waals surface area contributed by atoms with Crippen LogP contribution in [0.15, 0.2) is 127 Å². The first-order chi connectivity index (χ1) is 20.6. The second kappa shape index (κ2) is 8.47. The molecular formula is C40H29NO. The number of anilines is 1. The summed E-state index contributed by atoms with van der Waals surface area (Å²) < 4.78 is 6.55. The van der Waals surface area contributed by atoms with E-state index in [1.807, 2.05) is 6.07 Å². The van der Waals surface area contributed by atoms with Gasteiger partial charge in [-0.15, -0.1) is 0 Å². The summed E-state index contributed by atoms with van der Waals surface area (Å²) in [5.41, 5.74) is 10.1. The second-order valence-corrected chi connectivity index (χ2v) is 12.2. The van der Waals surface area contributed by atoms with Crippen LogP contribution in [0.5, 0.6) is 5.75 Å². The van der Waals surface area contributed by atoms with Crippen LogP contribution >= 0.6 is 0 Å². The monoisotopic (exact) mass is 539 g/mol. The minimum atomic E-state index is -0.183. The third kappa shape index (κ3) is 3.27. The summed E-state index contributed by atoms with van der Waals surface area (Å²) in [5, 5.41) is 11.0. The fourth-order valence-corrected chi connectivity index (χ4v) is 7.39. The minimum Gasteiger partial charge on any atom is -0.464 e. The zero-order chi connectivity index (χ0) is 28.0. The summed E-state index contributed by atoms with van der Waals surface area (Å²) in [4.78, 5) is 0. The molecule has 0 fully saturated rings. The summed E-state index contributed by atoms with van der Waals surface area (Å²) in [6.45, 7) is 4.75. The molecule has 7 aromatic carbocycles. The van der Waals surface area contributed by atoms with Gasteiger partial charge in [0.15, 0.2) is 12.0 Å². The molecule has 1 aliphatic carbocycles. The van der Waals surface area contributed by atoms with Crippen LogP contribution in [-0.2, 0) is 5.41 Å². The number of hydrogen-bond donors (Lipinski definition) is 1. The van der Waals surface area contributed by atoms with Crippen LogP contribution in [0.2, 0.25) is 0 Å². The highest BCUT2D eigenvalue weighted by Gasteiger charge is 2.37. The van der Waals surface area contributed by atoms with Gasteiger partial charge in [-0.05, 0) is 78.5 Å². The molecular weight excluding hydrogens is 510 g/mol. The molecule has 0 bridgehead atoms. The molecule has 0 amide bonds. The zero-order valence-electron chi connectivity index (χ0n) is 23.6. The van der Waals surface area contributed by atoms with Crippen molar-refractivity contribution in [2.75, 3.05) is 5.32 Å². The quantitative estimate of drug-likeness (QED) is 0.221. The Hall–Kier alpha value is -5.08. The summed E-state index contributed by atoms with van der Waals surface area (Å²) >= 11 is 0. The lowest BCUT2D eigenvalue weighted by Crippen LogP contribution is -2.15. The largest absolute Gasteiger partial charge is 0.464 e. The highest BCUT2D eigenvalue weighted by atomic mass is 16.5. The molecule has 0 radical (unpaired) electrons. The number of fused-ring (bicyclic) bond motifs is 10. The molecule has 0 spiro atoms. The van der Waals surface area contributed by atoms with Crippen molar-refractivity contribution in [1.29, 1.82) is 0 Å². The molecule has 9 rings (SSSR count). The van der Waals surface area contributed by atoms with Gasteiger partial charge >= 0.3 is 0 Å². The number of benzene rings is 7. The Morgan fingerprint density at radius 1 is 0.595 bits per heavy atom. The fraction of sp³-hybridized carbons (Fsp3) is 0.100. The smallest absolute Gasteiger partial charge is 0.196 e. The van der Waals surface area contributed by atoms with Crippen molar-refractivity contribution in [3.05, 3.63) is 144 Å². The minimum absolute atomic E-state index is 0.0746. The molecule has 2 aliphatic rings. The summed E-state index contributed by atoms with van der Waals surface area (Å²) in [5.74, 6) is 0.934. The maximum atomic E-state index is 6.55. The number of nitrogens with one attached hydrogen (secondary N) is 1. The molecule has 2 nitrogen and oxygen atoms in total. The van der Waals surface area contributed by atoms with Gasteiger partial charge in [0.1, 0.15) is 0 Å². The van der Waals surface area contributed by atoms with Crippen molar-refractivity contribution in [3.8, 4) is 28.0 Å². The Labute approximate surface area is 245 Å². The number of rotatable bonds is 2. The van der Waals surface area contributed by atoms with E-state index in [9.17, 15) is 0 Å². The summed E-state index contributed by atoms with van der Waals surface area (Å²) in [7, 11) is 0. The van der Waals surface area contributed by atoms with Gasteiger partial charge in [0.05, 0.1) is 5.69 Å². The lowest BCUT2D eigenvalue weighted by Gasteiger charge is -2.23. The van der Waals surface area contributed by atoms with Crippen molar-refractivity contribution in [1.82, 2.24) is 0 Å². The predicted octanol–water partition coefficient (Wildman–Crippen LogP) is 10.6. The normalized spacial score (nSPS) is 16.2. The van der Waals surface area contributed by atoms with Crippen LogP contribution in [0, 0.1) is 0 Å². The summed E-state index contributed by atoms with van der Waals surface area (Å²) in [6.07, 6.45) is -0.183. The molecule has 1 N–H and O–H groups in total. The predicted molar refractivity (Wildman–Crippen MR) is 175 cm³/mol. The standard InChI is InChI=1S/C40H29NO/c1-40(2)34-23-28(16-19-32(34)33-20-14-24-8-6-7-11-31(24)37(33)40)27-15-18-30-29(22-27)13-12-25-17-21-35-38(36(25)30)42-39(41-35)26-9-4-3-5-10-26/h3-23,39,41H,1-2H3. The van der Waals surface area contributed by atoms with Crippen molar-refractivity contribution in [2.24, 2.45) is 0 Å². The van der Waals surface area contributed by atoms with Crippen molar-refractivity contribution >= 4 is 38.0 Å². The molecule has 1 unspecified atom stereocenters. The second-order valence-electron chi connectivity index (χ2n) is 12.2. The zero-order valence-corrected chi connectivity index (χ0v) is 23.6. The van der Waals surface area contributed by atoms with Crippen LogP contribution in [0.4, 0.5) is 5.69 Å². The molecule has 1 aliphatic heterocycles. The van der Waals surface area contributed by atoms with Gasteiger partial charge < -0.3 is 10.1 Å². The lowest BCUT2D eigenvalue weighted by atomic mass is 9.79. The van der Waals surface area contributed by atoms with Crippen LogP contribution < -0.4 is 10.1 Å². The van der Waals surface area contributed by atoms with Crippen molar-refractivity contribution in [2.45, 2.75) is 25.5 Å². The Morgan fingerprint density at radius 2 is 1.31 bits per heavy atom. The third-order valence-electron chi connectivity index (χ3n) is 9.45. The molecule has 0 aromatic heterocycles. The van der Waals surface area contributed by atoms with Crippen LogP contribution in [0.1, 0.15) is 36.8 Å². The van der Waals surface area contributed by atoms with E-state index < -0.39 is 0 Å². The van der Waals surface area contributed by atoms with E-state index in [4.69, 9.17) is 4.74 Å². The van der Waals surface area contributed by atoms with Crippen LogP contribution in [-0.4, -0.2) is 0 Å². The van der Waals surface area contributed by atoms with E-state index in [-0.39, 0.29) is 11.6 Å². The third-order valence-corrected chi connectivity index (χ3v) is 9.45. The van der Waals surface area contributed by atoms with E-state index in [0.717, 1.165) is 17.0 Å². The molecule has 1 heterocycles. The van der Waals surface area contributed by atoms with Gasteiger partial charge in [0.25, 0.3) is 0 Å². The van der Waals surface area contributed by atoms with Crippen molar-refractivity contribution in [3.63, 3.8) is 0 Å². The molecule has 7 aromatic rings. The van der Waals surface area contributed by atoms with Crippen LogP contribution in [0.25, 0.3) is 54.6 Å². The number of hydrogen-bond acceptors (Lipinski definition) is 2. The average Bonchev–Trinajstić information content (AvgIpc) is 3.58. The first-order valence-electron chi connectivity index (χ1n) is 14.7. The highest BCUT2D eigenvalue weighted by molar-refractivity contribution is 6.13. The first-order valence-corrected chi connectivity index (χ1v) is 14.7. The van der Waals surface area contributed by atoms with E-state index in [1.54, 1.807) is 0 Å². The molecule has 0 saturated heterocycles. The maximum Gasteiger partial charge on any atom is 0.196 e. The first kappa shape index (κ1) is 23.6. The molecule has 42 heavy (non-hydrogen) atoms. The van der Waals surface area contributed by atoms with Crippen LogP contribution in [0.3, 0.4) is 0 Å². The Bertz CT molecular complexity index is 2230. The van der Waals surface area contributed by atoms with E-state index >= 15 is 0 Å². The van der Waals surface area contributed by atoms with Crippen molar-refractivity contribution < 1.29 is 4.74 Å². The summed E-state index contributed by atoms with van der Waals surface area (Å²) in [6, 6.07) is 46.4. The lowest BCUT2D eigenvalue weighted by molar-refractivity contribution is 0.263. The van der Waals surface area contributed by atoms with Gasteiger partial charge in [-0.3, -0.25) is 0 Å². The Morgan fingerprint density at radius 3 is 2.21 bits per heavy atom. The Kier molecular flexibility index (Phi) is 4.76. The number of ether oxygens (including phenoxy) is 1. The fourth-order valence-electron chi connectivity index (χ4n) is 7.39. The Balaban J connectivity index is 1.15. The van der Waals surface area contributed by atoms with E-state index in [2.05, 4.69) is 140 Å². The van der Waals surface area contributed by atoms with Gasteiger partial charge in [-0.25, -0.2) is 0 Å². The van der Waals surface area contributed by atoms with E-state index in [0.29, 0.717) is 0 Å². The topological polar surface area (TPSA) is 21.3 Å². The maximum absolute atomic E-state index is 6.55. The highest BCUT2D eigenvalue weighted by Crippen LogP contribution is 2.52.